The summed E-state index contributed by atoms with van der Waals surface area (Å²) in [5, 5.41) is 0. The van der Waals surface area contributed by atoms with E-state index in [1.165, 1.54) is 50.1 Å². The maximum atomic E-state index is 5.46. The van der Waals surface area contributed by atoms with Crippen molar-refractivity contribution in [3.8, 4) is 33.5 Å². The van der Waals surface area contributed by atoms with Crippen molar-refractivity contribution in [2.75, 3.05) is 7.11 Å². The highest BCUT2D eigenvalue weighted by Crippen LogP contribution is 2.63. The number of methoxy groups -OCH3 is 1. The molecule has 1 aromatic heterocycles. The Hall–Kier alpha value is -4.08. The fourth-order valence-corrected chi connectivity index (χ4v) is 6.34. The first-order valence-corrected chi connectivity index (χ1v) is 12.0. The molecule has 1 heterocycles. The SMILES string of the molecule is COCc1nccnc1-c1cc2c(cc1C)-c1ccccc1C21c2ccccc2-c2ccccc21. The van der Waals surface area contributed by atoms with Gasteiger partial charge >= 0.3 is 0 Å². The molecule has 1 spiro atoms. The maximum Gasteiger partial charge on any atom is 0.0944 e. The van der Waals surface area contributed by atoms with Crippen LogP contribution in [0.25, 0.3) is 33.5 Å². The Morgan fingerprint density at radius 3 is 1.77 bits per heavy atom. The number of rotatable bonds is 3. The van der Waals surface area contributed by atoms with Crippen LogP contribution in [0.15, 0.2) is 97.3 Å². The van der Waals surface area contributed by atoms with Crippen LogP contribution in [0.4, 0.5) is 0 Å². The van der Waals surface area contributed by atoms with E-state index in [0.717, 1.165) is 17.0 Å². The number of fused-ring (bicyclic) bond motifs is 10. The van der Waals surface area contributed by atoms with Crippen LogP contribution in [0.3, 0.4) is 0 Å². The molecule has 2 aliphatic carbocycles. The molecule has 0 unspecified atom stereocenters. The Morgan fingerprint density at radius 1 is 0.629 bits per heavy atom. The third kappa shape index (κ3) is 2.59. The Kier molecular flexibility index (Phi) is 4.33. The van der Waals surface area contributed by atoms with Gasteiger partial charge in [-0.05, 0) is 63.1 Å². The topological polar surface area (TPSA) is 35.0 Å². The third-order valence-electron chi connectivity index (χ3n) is 7.65. The van der Waals surface area contributed by atoms with E-state index in [1.807, 2.05) is 0 Å². The second kappa shape index (κ2) is 7.46. The summed E-state index contributed by atoms with van der Waals surface area (Å²) < 4.78 is 5.46. The van der Waals surface area contributed by atoms with Gasteiger partial charge in [-0.3, -0.25) is 9.97 Å². The summed E-state index contributed by atoms with van der Waals surface area (Å²) in [5.41, 5.74) is 14.3. The summed E-state index contributed by atoms with van der Waals surface area (Å²) in [6.45, 7) is 2.60. The lowest BCUT2D eigenvalue weighted by molar-refractivity contribution is 0.181. The van der Waals surface area contributed by atoms with Crippen molar-refractivity contribution in [2.24, 2.45) is 0 Å². The summed E-state index contributed by atoms with van der Waals surface area (Å²) in [6, 6.07) is 31.4. The van der Waals surface area contributed by atoms with Gasteiger partial charge in [-0.15, -0.1) is 0 Å². The smallest absolute Gasteiger partial charge is 0.0944 e. The summed E-state index contributed by atoms with van der Waals surface area (Å²) >= 11 is 0. The zero-order valence-corrected chi connectivity index (χ0v) is 19.7. The first-order chi connectivity index (χ1) is 17.2. The minimum absolute atomic E-state index is 0.356. The largest absolute Gasteiger partial charge is 0.378 e. The minimum Gasteiger partial charge on any atom is -0.378 e. The summed E-state index contributed by atoms with van der Waals surface area (Å²) in [5.74, 6) is 0. The van der Waals surface area contributed by atoms with Crippen molar-refractivity contribution < 1.29 is 4.74 Å². The molecule has 168 valence electrons. The van der Waals surface area contributed by atoms with Crippen LogP contribution in [-0.2, 0) is 16.8 Å². The first-order valence-electron chi connectivity index (χ1n) is 12.0. The highest BCUT2D eigenvalue weighted by Gasteiger charge is 2.51. The lowest BCUT2D eigenvalue weighted by atomic mass is 9.70. The monoisotopic (exact) mass is 452 g/mol. The Labute approximate surface area is 205 Å². The van der Waals surface area contributed by atoms with Gasteiger partial charge in [0.15, 0.2) is 0 Å². The van der Waals surface area contributed by atoms with E-state index in [9.17, 15) is 0 Å². The van der Waals surface area contributed by atoms with Gasteiger partial charge in [0.2, 0.25) is 0 Å². The van der Waals surface area contributed by atoms with Crippen molar-refractivity contribution in [3.05, 3.63) is 131 Å². The van der Waals surface area contributed by atoms with E-state index in [4.69, 9.17) is 9.72 Å². The lowest BCUT2D eigenvalue weighted by Crippen LogP contribution is -2.26. The highest BCUT2D eigenvalue weighted by atomic mass is 16.5. The van der Waals surface area contributed by atoms with Gasteiger partial charge in [0.1, 0.15) is 0 Å². The van der Waals surface area contributed by atoms with Crippen LogP contribution in [0.1, 0.15) is 33.5 Å². The molecule has 0 saturated heterocycles. The van der Waals surface area contributed by atoms with Crippen molar-refractivity contribution in [2.45, 2.75) is 18.9 Å². The van der Waals surface area contributed by atoms with Crippen molar-refractivity contribution in [1.82, 2.24) is 9.97 Å². The predicted molar refractivity (Wildman–Crippen MR) is 139 cm³/mol. The average Bonchev–Trinajstić information content (AvgIpc) is 3.36. The van der Waals surface area contributed by atoms with Gasteiger partial charge in [-0.1, -0.05) is 78.9 Å². The highest BCUT2D eigenvalue weighted by molar-refractivity contribution is 5.96. The molecule has 3 heteroatoms. The normalized spacial score (nSPS) is 13.9. The number of benzene rings is 4. The summed E-state index contributed by atoms with van der Waals surface area (Å²) in [4.78, 5) is 9.36. The molecule has 0 bridgehead atoms. The van der Waals surface area contributed by atoms with E-state index in [-0.39, 0.29) is 5.41 Å². The molecule has 0 saturated carbocycles. The van der Waals surface area contributed by atoms with Gasteiger partial charge < -0.3 is 4.74 Å². The van der Waals surface area contributed by atoms with Crippen LogP contribution >= 0.6 is 0 Å². The molecule has 0 fully saturated rings. The number of aromatic nitrogens is 2. The first kappa shape index (κ1) is 20.3. The van der Waals surface area contributed by atoms with Gasteiger partial charge in [0.05, 0.1) is 23.4 Å². The quantitative estimate of drug-likeness (QED) is 0.291. The predicted octanol–water partition coefficient (Wildman–Crippen LogP) is 6.94. The standard InChI is InChI=1S/C32H24N2O/c1-20-17-25-23-11-5-8-14-28(23)32(26-12-6-3-9-21(26)22-10-4-7-13-27(22)32)29(25)18-24(20)31-30(19-35-2)33-15-16-34-31/h3-18H,19H2,1-2H3. The van der Waals surface area contributed by atoms with Crippen molar-refractivity contribution >= 4 is 0 Å². The fraction of sp³-hybridized carbons (Fsp3) is 0.125. The molecule has 0 aliphatic heterocycles. The molecular formula is C32H24N2O. The van der Waals surface area contributed by atoms with Crippen LogP contribution in [0.2, 0.25) is 0 Å². The molecule has 2 aliphatic rings. The van der Waals surface area contributed by atoms with Gasteiger partial charge in [0.25, 0.3) is 0 Å². The molecule has 35 heavy (non-hydrogen) atoms. The minimum atomic E-state index is -0.356. The third-order valence-corrected chi connectivity index (χ3v) is 7.65. The number of hydrogen-bond acceptors (Lipinski definition) is 3. The second-order valence-corrected chi connectivity index (χ2v) is 9.38. The number of aryl methyl sites for hydroxylation is 1. The lowest BCUT2D eigenvalue weighted by Gasteiger charge is -2.31. The Morgan fingerprint density at radius 2 is 1.17 bits per heavy atom. The molecule has 0 radical (unpaired) electrons. The summed E-state index contributed by atoms with van der Waals surface area (Å²) in [7, 11) is 1.70. The number of ether oxygens (including phenoxy) is 1. The second-order valence-electron chi connectivity index (χ2n) is 9.38. The average molecular weight is 453 g/mol. The molecule has 0 amide bonds. The Balaban J connectivity index is 1.61. The van der Waals surface area contributed by atoms with Gasteiger partial charge in [0, 0.05) is 25.1 Å². The van der Waals surface area contributed by atoms with Gasteiger partial charge in [-0.2, -0.15) is 0 Å². The fourth-order valence-electron chi connectivity index (χ4n) is 6.34. The molecule has 5 aromatic rings. The van der Waals surface area contributed by atoms with Crippen LogP contribution in [0.5, 0.6) is 0 Å². The van der Waals surface area contributed by atoms with Crippen LogP contribution in [-0.4, -0.2) is 17.1 Å². The van der Waals surface area contributed by atoms with E-state index < -0.39 is 0 Å². The van der Waals surface area contributed by atoms with E-state index >= 15 is 0 Å². The molecule has 7 rings (SSSR count). The van der Waals surface area contributed by atoms with Gasteiger partial charge in [-0.25, -0.2) is 0 Å². The molecule has 3 nitrogen and oxygen atoms in total. The molecule has 0 atom stereocenters. The van der Waals surface area contributed by atoms with E-state index in [2.05, 4.69) is 96.8 Å². The van der Waals surface area contributed by atoms with E-state index in [0.29, 0.717) is 6.61 Å². The number of hydrogen-bond donors (Lipinski definition) is 0. The van der Waals surface area contributed by atoms with E-state index in [1.54, 1.807) is 19.5 Å². The zero-order chi connectivity index (χ0) is 23.6. The molecule has 0 N–H and O–H groups in total. The van der Waals surface area contributed by atoms with Crippen molar-refractivity contribution in [3.63, 3.8) is 0 Å². The number of nitrogens with zero attached hydrogens (tertiary/aromatic N) is 2. The van der Waals surface area contributed by atoms with Crippen LogP contribution < -0.4 is 0 Å². The molecular weight excluding hydrogens is 428 g/mol. The van der Waals surface area contributed by atoms with Crippen molar-refractivity contribution in [1.29, 1.82) is 0 Å². The Bertz CT molecular complexity index is 1590. The zero-order valence-electron chi connectivity index (χ0n) is 19.7. The molecule has 4 aromatic carbocycles. The summed E-state index contributed by atoms with van der Waals surface area (Å²) in [6.07, 6.45) is 3.51. The maximum absolute atomic E-state index is 5.46. The van der Waals surface area contributed by atoms with Crippen LogP contribution in [0, 0.1) is 6.92 Å².